The second kappa shape index (κ2) is 11.9. The van der Waals surface area contributed by atoms with Crippen LogP contribution in [0, 0.1) is 29.1 Å². The Morgan fingerprint density at radius 3 is 2.21 bits per heavy atom. The van der Waals surface area contributed by atoms with Gasteiger partial charge >= 0.3 is 23.9 Å². The van der Waals surface area contributed by atoms with Crippen molar-refractivity contribution in [3.8, 4) is 0 Å². The van der Waals surface area contributed by atoms with Crippen LogP contribution in [-0.2, 0) is 38.1 Å². The summed E-state index contributed by atoms with van der Waals surface area (Å²) in [6, 6.07) is 8.40. The third-order valence-electron chi connectivity index (χ3n) is 9.03. The monoisotopic (exact) mass is 580 g/mol. The number of allylic oxidation sites excluding steroid dienone is 2. The van der Waals surface area contributed by atoms with Crippen LogP contribution in [-0.4, -0.2) is 54.1 Å². The topological polar surface area (TPSA) is 122 Å². The largest absolute Gasteiger partial charge is 0.461 e. The number of ether oxygens (including phenoxy) is 4. The molecule has 3 aliphatic carbocycles. The number of fused-ring (bicyclic) bond motifs is 2. The first-order valence-electron chi connectivity index (χ1n) is 14.4. The van der Waals surface area contributed by atoms with E-state index in [4.69, 9.17) is 18.9 Å². The van der Waals surface area contributed by atoms with E-state index in [2.05, 4.69) is 13.8 Å². The van der Waals surface area contributed by atoms with Gasteiger partial charge in [-0.15, -0.1) is 0 Å². The molecule has 9 nitrogen and oxygen atoms in total. The van der Waals surface area contributed by atoms with Crippen LogP contribution >= 0.6 is 0 Å². The molecule has 2 fully saturated rings. The molecule has 0 spiro atoms. The van der Waals surface area contributed by atoms with Crippen LogP contribution in [0.3, 0.4) is 0 Å². The minimum atomic E-state index is -1.82. The molecule has 0 aliphatic heterocycles. The van der Waals surface area contributed by atoms with Gasteiger partial charge in [0.25, 0.3) is 0 Å². The van der Waals surface area contributed by atoms with Crippen LogP contribution in [0.5, 0.6) is 0 Å². The summed E-state index contributed by atoms with van der Waals surface area (Å²) < 4.78 is 23.4. The van der Waals surface area contributed by atoms with Gasteiger partial charge in [0.2, 0.25) is 5.78 Å². The molecule has 4 rings (SSSR count). The molecule has 226 valence electrons. The van der Waals surface area contributed by atoms with Gasteiger partial charge in [-0.3, -0.25) is 19.2 Å². The summed E-state index contributed by atoms with van der Waals surface area (Å²) in [6.45, 7) is 11.3. The zero-order chi connectivity index (χ0) is 31.0. The molecule has 0 radical (unpaired) electrons. The van der Waals surface area contributed by atoms with E-state index < -0.39 is 59.3 Å². The Balaban J connectivity index is 1.94. The SMILES string of the molecule is CC(=O)OCC1=CC[C@H]2[C@@H](C=C(C)C(=O)[C@@]3(OC(C)=O)C[C@H](C)[C@H](OC(=O)c4ccccc4)[C@@H]3[C@H]1OC(C)=O)C2(C)C. The minimum Gasteiger partial charge on any atom is -0.461 e. The smallest absolute Gasteiger partial charge is 0.338 e. The Hall–Kier alpha value is -3.75. The predicted octanol–water partition coefficient (Wildman–Crippen LogP) is 4.78. The molecular weight excluding hydrogens is 540 g/mol. The predicted molar refractivity (Wildman–Crippen MR) is 152 cm³/mol. The van der Waals surface area contributed by atoms with Gasteiger partial charge < -0.3 is 18.9 Å². The third kappa shape index (κ3) is 6.05. The maximum atomic E-state index is 14.5. The molecule has 1 aromatic carbocycles. The van der Waals surface area contributed by atoms with Crippen molar-refractivity contribution in [1.29, 1.82) is 0 Å². The second-order valence-corrected chi connectivity index (χ2v) is 12.4. The normalized spacial score (nSPS) is 31.6. The van der Waals surface area contributed by atoms with E-state index in [-0.39, 0.29) is 30.3 Å². The lowest BCUT2D eigenvalue weighted by molar-refractivity contribution is -0.179. The lowest BCUT2D eigenvalue weighted by atomic mass is 9.76. The number of Topliss-reactive ketones (excluding diaryl/α,β-unsaturated/α-hetero) is 1. The third-order valence-corrected chi connectivity index (χ3v) is 9.03. The van der Waals surface area contributed by atoms with E-state index in [0.717, 1.165) is 0 Å². The van der Waals surface area contributed by atoms with Gasteiger partial charge in [-0.05, 0) is 54.2 Å². The van der Waals surface area contributed by atoms with Crippen LogP contribution in [0.15, 0.2) is 53.6 Å². The first-order valence-corrected chi connectivity index (χ1v) is 14.4. The molecule has 1 aromatic rings. The molecule has 0 saturated heterocycles. The summed E-state index contributed by atoms with van der Waals surface area (Å²) in [6.07, 6.45) is 2.24. The fourth-order valence-corrected chi connectivity index (χ4v) is 6.90. The molecule has 2 saturated carbocycles. The highest BCUT2D eigenvalue weighted by atomic mass is 16.6. The highest BCUT2D eigenvalue weighted by molar-refractivity contribution is 6.03. The first kappa shape index (κ1) is 31.2. The lowest BCUT2D eigenvalue weighted by Crippen LogP contribution is -2.55. The summed E-state index contributed by atoms with van der Waals surface area (Å²) in [5, 5.41) is 0. The Morgan fingerprint density at radius 1 is 0.952 bits per heavy atom. The minimum absolute atomic E-state index is 0.0318. The molecule has 0 heterocycles. The molecule has 9 heteroatoms. The van der Waals surface area contributed by atoms with Crippen molar-refractivity contribution in [3.63, 3.8) is 0 Å². The van der Waals surface area contributed by atoms with Crippen molar-refractivity contribution in [1.82, 2.24) is 0 Å². The summed E-state index contributed by atoms with van der Waals surface area (Å²) in [4.78, 5) is 65.1. The number of hydrogen-bond acceptors (Lipinski definition) is 9. The standard InChI is InChI=1S/C33H40O9/c1-18-15-26-25(32(26,6)7)14-13-24(17-39-20(3)34)29(40-21(4)35)27-28(41-31(38)23-11-9-8-10-12-23)19(2)16-33(27,30(18)37)42-22(5)36/h8-13,15,19,25-29H,14,16-17H2,1-7H3/t19-,25-,26+,27+,28-,29-,33+/m0/s1. The summed E-state index contributed by atoms with van der Waals surface area (Å²) in [5.74, 6) is -4.28. The van der Waals surface area contributed by atoms with Crippen molar-refractivity contribution in [2.75, 3.05) is 6.61 Å². The summed E-state index contributed by atoms with van der Waals surface area (Å²) in [7, 11) is 0. The van der Waals surface area contributed by atoms with Crippen LogP contribution in [0.25, 0.3) is 0 Å². The number of ketones is 1. The van der Waals surface area contributed by atoms with Crippen molar-refractivity contribution in [2.45, 2.75) is 79.1 Å². The molecule has 0 N–H and O–H groups in total. The van der Waals surface area contributed by atoms with Gasteiger partial charge in [-0.2, -0.15) is 0 Å². The van der Waals surface area contributed by atoms with Crippen molar-refractivity contribution < 1.29 is 42.9 Å². The van der Waals surface area contributed by atoms with E-state index in [1.807, 2.05) is 12.2 Å². The number of rotatable bonds is 6. The van der Waals surface area contributed by atoms with Crippen LogP contribution < -0.4 is 0 Å². The fraction of sp³-hybridized carbons (Fsp3) is 0.545. The van der Waals surface area contributed by atoms with Crippen LogP contribution in [0.2, 0.25) is 0 Å². The first-order chi connectivity index (χ1) is 19.7. The van der Waals surface area contributed by atoms with E-state index in [1.54, 1.807) is 44.2 Å². The van der Waals surface area contributed by atoms with Gasteiger partial charge in [0.15, 0.2) is 5.60 Å². The highest BCUT2D eigenvalue weighted by Gasteiger charge is 2.65. The van der Waals surface area contributed by atoms with E-state index in [9.17, 15) is 24.0 Å². The molecule has 0 amide bonds. The molecular formula is C33H40O9. The van der Waals surface area contributed by atoms with Gasteiger partial charge in [0.05, 0.1) is 11.5 Å². The molecule has 7 atom stereocenters. The maximum absolute atomic E-state index is 14.5. The summed E-state index contributed by atoms with van der Waals surface area (Å²) >= 11 is 0. The fourth-order valence-electron chi connectivity index (χ4n) is 6.90. The molecule has 0 unspecified atom stereocenters. The zero-order valence-electron chi connectivity index (χ0n) is 25.3. The van der Waals surface area contributed by atoms with Crippen molar-refractivity contribution in [2.24, 2.45) is 29.1 Å². The van der Waals surface area contributed by atoms with Crippen LogP contribution in [0.1, 0.15) is 71.7 Å². The highest BCUT2D eigenvalue weighted by Crippen LogP contribution is 2.62. The van der Waals surface area contributed by atoms with Gasteiger partial charge in [0, 0.05) is 32.8 Å². The Bertz CT molecular complexity index is 1320. The van der Waals surface area contributed by atoms with Crippen LogP contribution in [0.4, 0.5) is 0 Å². The Morgan fingerprint density at radius 2 is 1.62 bits per heavy atom. The zero-order valence-corrected chi connectivity index (χ0v) is 25.3. The maximum Gasteiger partial charge on any atom is 0.338 e. The summed E-state index contributed by atoms with van der Waals surface area (Å²) in [5.41, 5.74) is -0.761. The molecule has 42 heavy (non-hydrogen) atoms. The lowest BCUT2D eigenvalue weighted by Gasteiger charge is -2.40. The van der Waals surface area contributed by atoms with E-state index in [1.165, 1.54) is 20.8 Å². The molecule has 0 aromatic heterocycles. The van der Waals surface area contributed by atoms with Gasteiger partial charge in [-0.25, -0.2) is 4.79 Å². The number of esters is 4. The van der Waals surface area contributed by atoms with Crippen molar-refractivity contribution in [3.05, 3.63) is 59.2 Å². The molecule has 3 aliphatic rings. The number of benzene rings is 1. The second-order valence-electron chi connectivity index (χ2n) is 12.4. The number of carbonyl (C=O) groups is 5. The van der Waals surface area contributed by atoms with Gasteiger partial charge in [0.1, 0.15) is 18.8 Å². The van der Waals surface area contributed by atoms with E-state index >= 15 is 0 Å². The Labute approximate surface area is 246 Å². The average Bonchev–Trinajstić information content (AvgIpc) is 3.30. The average molecular weight is 581 g/mol. The quantitative estimate of drug-likeness (QED) is 0.266. The number of hydrogen-bond donors (Lipinski definition) is 0. The molecule has 0 bridgehead atoms. The van der Waals surface area contributed by atoms with E-state index in [0.29, 0.717) is 23.1 Å². The van der Waals surface area contributed by atoms with Crippen molar-refractivity contribution >= 4 is 29.7 Å². The Kier molecular flexibility index (Phi) is 8.81. The number of carbonyl (C=O) groups excluding carboxylic acids is 5. The van der Waals surface area contributed by atoms with Gasteiger partial charge in [-0.1, -0.05) is 51.1 Å².